The predicted octanol–water partition coefficient (Wildman–Crippen LogP) is 5.04. The summed E-state index contributed by atoms with van der Waals surface area (Å²) in [6.07, 6.45) is 8.64. The third kappa shape index (κ3) is 9.29. The van der Waals surface area contributed by atoms with Crippen LogP contribution >= 0.6 is 0 Å². The SMILES string of the molecule is CCCCCC(C)OC(=O)CCCC(=O)OC1CC(C)CC(C)C1. The number of esters is 2. The van der Waals surface area contributed by atoms with E-state index in [0.717, 1.165) is 25.7 Å². The highest BCUT2D eigenvalue weighted by Crippen LogP contribution is 2.30. The zero-order valence-electron chi connectivity index (χ0n) is 16.0. The topological polar surface area (TPSA) is 52.6 Å². The zero-order chi connectivity index (χ0) is 17.9. The molecule has 0 saturated heterocycles. The van der Waals surface area contributed by atoms with Gasteiger partial charge >= 0.3 is 11.9 Å². The van der Waals surface area contributed by atoms with Crippen LogP contribution in [0.2, 0.25) is 0 Å². The van der Waals surface area contributed by atoms with E-state index < -0.39 is 0 Å². The summed E-state index contributed by atoms with van der Waals surface area (Å²) in [4.78, 5) is 23.7. The Kier molecular flexibility index (Phi) is 10.0. The second kappa shape index (κ2) is 11.5. The van der Waals surface area contributed by atoms with Crippen LogP contribution in [0.5, 0.6) is 0 Å². The highest BCUT2D eigenvalue weighted by Gasteiger charge is 2.26. The van der Waals surface area contributed by atoms with Crippen molar-refractivity contribution in [3.63, 3.8) is 0 Å². The lowest BCUT2D eigenvalue weighted by Crippen LogP contribution is -2.28. The molecule has 0 aromatic heterocycles. The van der Waals surface area contributed by atoms with E-state index in [1.165, 1.54) is 19.3 Å². The molecule has 1 fully saturated rings. The summed E-state index contributed by atoms with van der Waals surface area (Å²) in [6.45, 7) is 8.53. The summed E-state index contributed by atoms with van der Waals surface area (Å²) in [5.74, 6) is 0.864. The number of ether oxygens (including phenoxy) is 2. The van der Waals surface area contributed by atoms with Gasteiger partial charge in [-0.3, -0.25) is 9.59 Å². The molecule has 0 radical (unpaired) electrons. The summed E-state index contributed by atoms with van der Waals surface area (Å²) in [5.41, 5.74) is 0. The molecule has 0 aliphatic heterocycles. The molecule has 24 heavy (non-hydrogen) atoms. The normalized spacial score (nSPS) is 25.1. The zero-order valence-corrected chi connectivity index (χ0v) is 16.0. The molecule has 0 heterocycles. The Labute approximate surface area is 147 Å². The van der Waals surface area contributed by atoms with E-state index in [4.69, 9.17) is 9.47 Å². The van der Waals surface area contributed by atoms with Gasteiger partial charge in [0, 0.05) is 12.8 Å². The lowest BCUT2D eigenvalue weighted by atomic mass is 9.82. The minimum Gasteiger partial charge on any atom is -0.463 e. The van der Waals surface area contributed by atoms with E-state index in [1.807, 2.05) is 6.92 Å². The lowest BCUT2D eigenvalue weighted by molar-refractivity contribution is -0.152. The fourth-order valence-electron chi connectivity index (χ4n) is 3.62. The lowest BCUT2D eigenvalue weighted by Gasteiger charge is -2.31. The maximum atomic E-state index is 11.9. The molecule has 0 aromatic carbocycles. The van der Waals surface area contributed by atoms with Crippen LogP contribution in [0.25, 0.3) is 0 Å². The van der Waals surface area contributed by atoms with Crippen LogP contribution in [-0.4, -0.2) is 24.1 Å². The quantitative estimate of drug-likeness (QED) is 0.413. The van der Waals surface area contributed by atoms with Crippen molar-refractivity contribution in [2.45, 2.75) is 104 Å². The average Bonchev–Trinajstić information content (AvgIpc) is 2.46. The average molecular weight is 341 g/mol. The van der Waals surface area contributed by atoms with Crippen molar-refractivity contribution in [3.8, 4) is 0 Å². The largest absolute Gasteiger partial charge is 0.463 e. The number of unbranched alkanes of at least 4 members (excludes halogenated alkanes) is 2. The van der Waals surface area contributed by atoms with Crippen LogP contribution in [0.4, 0.5) is 0 Å². The molecule has 1 saturated carbocycles. The van der Waals surface area contributed by atoms with Gasteiger partial charge in [-0.1, -0.05) is 33.6 Å². The third-order valence-electron chi connectivity index (χ3n) is 4.74. The molecular weight excluding hydrogens is 304 g/mol. The van der Waals surface area contributed by atoms with Crippen molar-refractivity contribution in [3.05, 3.63) is 0 Å². The first-order chi connectivity index (χ1) is 11.4. The van der Waals surface area contributed by atoms with E-state index in [0.29, 0.717) is 31.1 Å². The molecule has 1 aliphatic carbocycles. The summed E-state index contributed by atoms with van der Waals surface area (Å²) in [7, 11) is 0. The van der Waals surface area contributed by atoms with E-state index in [1.54, 1.807) is 0 Å². The van der Waals surface area contributed by atoms with E-state index >= 15 is 0 Å². The molecule has 0 N–H and O–H groups in total. The van der Waals surface area contributed by atoms with Gasteiger partial charge in [-0.25, -0.2) is 0 Å². The molecule has 1 aliphatic rings. The van der Waals surface area contributed by atoms with Crippen LogP contribution < -0.4 is 0 Å². The number of carbonyl (C=O) groups is 2. The molecule has 3 atom stereocenters. The van der Waals surface area contributed by atoms with E-state index in [-0.39, 0.29) is 24.1 Å². The standard InChI is InChI=1S/C20H36O4/c1-5-6-7-9-17(4)23-19(21)10-8-11-20(22)24-18-13-15(2)12-16(3)14-18/h15-18H,5-14H2,1-4H3. The van der Waals surface area contributed by atoms with Crippen molar-refractivity contribution in [1.82, 2.24) is 0 Å². The molecule has 0 bridgehead atoms. The first kappa shape index (κ1) is 21.0. The van der Waals surface area contributed by atoms with Gasteiger partial charge in [0.25, 0.3) is 0 Å². The minimum atomic E-state index is -0.202. The van der Waals surface area contributed by atoms with Crippen molar-refractivity contribution in [1.29, 1.82) is 0 Å². The summed E-state index contributed by atoms with van der Waals surface area (Å²) >= 11 is 0. The summed E-state index contributed by atoms with van der Waals surface area (Å²) in [6, 6.07) is 0. The Morgan fingerprint density at radius 2 is 1.58 bits per heavy atom. The van der Waals surface area contributed by atoms with Gasteiger partial charge in [-0.15, -0.1) is 0 Å². The molecule has 0 aromatic rings. The number of carbonyl (C=O) groups excluding carboxylic acids is 2. The van der Waals surface area contributed by atoms with Gasteiger partial charge in [-0.2, -0.15) is 0 Å². The fraction of sp³-hybridized carbons (Fsp3) is 0.900. The van der Waals surface area contributed by atoms with Gasteiger partial charge in [0.2, 0.25) is 0 Å². The van der Waals surface area contributed by atoms with Crippen molar-refractivity contribution < 1.29 is 19.1 Å². The van der Waals surface area contributed by atoms with Crippen LogP contribution in [0.3, 0.4) is 0 Å². The predicted molar refractivity (Wildman–Crippen MR) is 95.6 cm³/mol. The van der Waals surface area contributed by atoms with Crippen LogP contribution in [0.15, 0.2) is 0 Å². The van der Waals surface area contributed by atoms with Gasteiger partial charge in [-0.05, 0) is 57.3 Å². The van der Waals surface area contributed by atoms with Gasteiger partial charge < -0.3 is 9.47 Å². The summed E-state index contributed by atoms with van der Waals surface area (Å²) < 4.78 is 10.9. The highest BCUT2D eigenvalue weighted by atomic mass is 16.5. The molecule has 140 valence electrons. The van der Waals surface area contributed by atoms with Crippen LogP contribution in [-0.2, 0) is 19.1 Å². The van der Waals surface area contributed by atoms with E-state index in [2.05, 4.69) is 20.8 Å². The Morgan fingerprint density at radius 3 is 2.21 bits per heavy atom. The van der Waals surface area contributed by atoms with E-state index in [9.17, 15) is 9.59 Å². The second-order valence-corrected chi connectivity index (χ2v) is 7.68. The van der Waals surface area contributed by atoms with Crippen LogP contribution in [0, 0.1) is 11.8 Å². The number of rotatable bonds is 10. The molecule has 4 heteroatoms. The number of hydrogen-bond donors (Lipinski definition) is 0. The molecule has 3 unspecified atom stereocenters. The smallest absolute Gasteiger partial charge is 0.306 e. The Balaban J connectivity index is 2.12. The van der Waals surface area contributed by atoms with Crippen molar-refractivity contribution in [2.24, 2.45) is 11.8 Å². The summed E-state index contributed by atoms with van der Waals surface area (Å²) in [5, 5.41) is 0. The molecule has 0 amide bonds. The highest BCUT2D eigenvalue weighted by molar-refractivity contribution is 5.72. The molecule has 4 nitrogen and oxygen atoms in total. The molecule has 0 spiro atoms. The Morgan fingerprint density at radius 1 is 0.958 bits per heavy atom. The first-order valence-corrected chi connectivity index (χ1v) is 9.79. The maximum absolute atomic E-state index is 11.9. The van der Waals surface area contributed by atoms with Gasteiger partial charge in [0.1, 0.15) is 6.10 Å². The Hall–Kier alpha value is -1.06. The Bertz CT molecular complexity index is 370. The molecular formula is C20H36O4. The first-order valence-electron chi connectivity index (χ1n) is 9.79. The maximum Gasteiger partial charge on any atom is 0.306 e. The van der Waals surface area contributed by atoms with Gasteiger partial charge in [0.15, 0.2) is 0 Å². The fourth-order valence-corrected chi connectivity index (χ4v) is 3.62. The number of hydrogen-bond acceptors (Lipinski definition) is 4. The third-order valence-corrected chi connectivity index (χ3v) is 4.74. The van der Waals surface area contributed by atoms with Gasteiger partial charge in [0.05, 0.1) is 6.10 Å². The van der Waals surface area contributed by atoms with Crippen molar-refractivity contribution in [2.75, 3.05) is 0 Å². The van der Waals surface area contributed by atoms with Crippen LogP contribution in [0.1, 0.15) is 91.9 Å². The minimum absolute atomic E-state index is 0.0267. The van der Waals surface area contributed by atoms with Crippen molar-refractivity contribution >= 4 is 11.9 Å². The second-order valence-electron chi connectivity index (χ2n) is 7.68. The monoisotopic (exact) mass is 340 g/mol. The molecule has 1 rings (SSSR count).